The molecule has 18 heavy (non-hydrogen) atoms. The van der Waals surface area contributed by atoms with Crippen LogP contribution in [0.15, 0.2) is 12.1 Å². The lowest BCUT2D eigenvalue weighted by Crippen LogP contribution is -2.35. The summed E-state index contributed by atoms with van der Waals surface area (Å²) in [5.41, 5.74) is 1.03. The van der Waals surface area contributed by atoms with Gasteiger partial charge in [-0.2, -0.15) is 0 Å². The Morgan fingerprint density at radius 2 is 1.89 bits per heavy atom. The number of rotatable bonds is 5. The molecule has 0 amide bonds. The van der Waals surface area contributed by atoms with E-state index in [1.54, 1.807) is 6.07 Å². The van der Waals surface area contributed by atoms with Crippen molar-refractivity contribution in [2.24, 2.45) is 0 Å². The van der Waals surface area contributed by atoms with E-state index >= 15 is 0 Å². The van der Waals surface area contributed by atoms with Crippen LogP contribution in [0, 0.1) is 0 Å². The Kier molecular flexibility index (Phi) is 5.77. The van der Waals surface area contributed by atoms with Gasteiger partial charge in [0.05, 0.1) is 11.6 Å². The summed E-state index contributed by atoms with van der Waals surface area (Å²) in [5.74, 6) is 0.736. The van der Waals surface area contributed by atoms with E-state index in [4.69, 9.17) is 27.9 Å². The molecule has 0 radical (unpaired) electrons. The van der Waals surface area contributed by atoms with Crippen LogP contribution in [0.2, 0.25) is 10.0 Å². The van der Waals surface area contributed by atoms with Crippen LogP contribution in [0.25, 0.3) is 0 Å². The Balaban J connectivity index is 2.92. The highest BCUT2D eigenvalue weighted by Crippen LogP contribution is 2.32. The first-order valence-electron chi connectivity index (χ1n) is 6.19. The Morgan fingerprint density at radius 1 is 1.22 bits per heavy atom. The summed E-state index contributed by atoms with van der Waals surface area (Å²) >= 11 is 12.2. The van der Waals surface area contributed by atoms with Gasteiger partial charge in [0.15, 0.2) is 0 Å². The van der Waals surface area contributed by atoms with Crippen LogP contribution in [-0.2, 0) is 6.54 Å². The third-order valence-corrected chi connectivity index (χ3v) is 2.84. The standard InChI is InChI=1S/C14H21Cl2NO/c1-5-6-18-13-10(9-17-14(2,3)4)7-11(15)8-12(13)16/h7-8,17H,5-6,9H2,1-4H3. The molecule has 0 fully saturated rings. The predicted octanol–water partition coefficient (Wildman–Crippen LogP) is 4.67. The second kappa shape index (κ2) is 6.65. The highest BCUT2D eigenvalue weighted by Gasteiger charge is 2.14. The van der Waals surface area contributed by atoms with Crippen LogP contribution >= 0.6 is 23.2 Å². The molecule has 1 aromatic carbocycles. The van der Waals surface area contributed by atoms with Gasteiger partial charge in [-0.05, 0) is 39.3 Å². The molecule has 0 saturated heterocycles. The van der Waals surface area contributed by atoms with E-state index in [0.29, 0.717) is 23.2 Å². The summed E-state index contributed by atoms with van der Waals surface area (Å²) in [6.07, 6.45) is 0.949. The topological polar surface area (TPSA) is 21.3 Å². The van der Waals surface area contributed by atoms with E-state index < -0.39 is 0 Å². The maximum atomic E-state index is 6.18. The molecule has 1 aromatic rings. The minimum atomic E-state index is 0.0385. The first-order chi connectivity index (χ1) is 8.33. The lowest BCUT2D eigenvalue weighted by Gasteiger charge is -2.22. The van der Waals surface area contributed by atoms with Crippen molar-refractivity contribution in [2.75, 3.05) is 6.61 Å². The summed E-state index contributed by atoms with van der Waals surface area (Å²) in [6, 6.07) is 3.62. The molecule has 1 rings (SSSR count). The zero-order chi connectivity index (χ0) is 13.8. The van der Waals surface area contributed by atoms with Crippen LogP contribution in [0.3, 0.4) is 0 Å². The summed E-state index contributed by atoms with van der Waals surface area (Å²) < 4.78 is 5.71. The summed E-state index contributed by atoms with van der Waals surface area (Å²) in [7, 11) is 0. The van der Waals surface area contributed by atoms with Gasteiger partial charge in [-0.25, -0.2) is 0 Å². The Bertz CT molecular complexity index is 400. The molecular formula is C14H21Cl2NO. The number of benzene rings is 1. The number of nitrogens with one attached hydrogen (secondary N) is 1. The highest BCUT2D eigenvalue weighted by molar-refractivity contribution is 6.35. The van der Waals surface area contributed by atoms with Gasteiger partial charge >= 0.3 is 0 Å². The van der Waals surface area contributed by atoms with Crippen LogP contribution in [0.5, 0.6) is 5.75 Å². The molecule has 0 heterocycles. The lowest BCUT2D eigenvalue weighted by atomic mass is 10.1. The van der Waals surface area contributed by atoms with Crippen molar-refractivity contribution in [1.29, 1.82) is 0 Å². The van der Waals surface area contributed by atoms with Crippen LogP contribution in [-0.4, -0.2) is 12.1 Å². The van der Waals surface area contributed by atoms with Gasteiger partial charge in [0.2, 0.25) is 0 Å². The predicted molar refractivity (Wildman–Crippen MR) is 78.8 cm³/mol. The first kappa shape index (κ1) is 15.6. The van der Waals surface area contributed by atoms with E-state index in [9.17, 15) is 0 Å². The normalized spacial score (nSPS) is 11.7. The summed E-state index contributed by atoms with van der Waals surface area (Å²) in [4.78, 5) is 0. The average molecular weight is 290 g/mol. The van der Waals surface area contributed by atoms with Gasteiger partial charge in [0, 0.05) is 22.7 Å². The van der Waals surface area contributed by atoms with Crippen LogP contribution in [0.1, 0.15) is 39.7 Å². The van der Waals surface area contributed by atoms with Crippen molar-refractivity contribution in [1.82, 2.24) is 5.32 Å². The fraction of sp³-hybridized carbons (Fsp3) is 0.571. The van der Waals surface area contributed by atoms with Crippen LogP contribution in [0.4, 0.5) is 0 Å². The molecule has 0 aromatic heterocycles. The molecule has 0 bridgehead atoms. The van der Waals surface area contributed by atoms with Crippen molar-refractivity contribution in [3.8, 4) is 5.75 Å². The molecule has 102 valence electrons. The van der Waals surface area contributed by atoms with E-state index in [0.717, 1.165) is 17.7 Å². The van der Waals surface area contributed by atoms with Gasteiger partial charge in [-0.15, -0.1) is 0 Å². The van der Waals surface area contributed by atoms with E-state index in [2.05, 4.69) is 33.0 Å². The molecule has 0 aliphatic rings. The molecule has 1 N–H and O–H groups in total. The lowest BCUT2D eigenvalue weighted by molar-refractivity contribution is 0.311. The SMILES string of the molecule is CCCOc1c(Cl)cc(Cl)cc1CNC(C)(C)C. The average Bonchev–Trinajstić information content (AvgIpc) is 2.23. The Morgan fingerprint density at radius 3 is 2.44 bits per heavy atom. The Hall–Kier alpha value is -0.440. The van der Waals surface area contributed by atoms with E-state index in [-0.39, 0.29) is 5.54 Å². The second-order valence-corrected chi connectivity index (χ2v) is 6.17. The van der Waals surface area contributed by atoms with Gasteiger partial charge in [0.25, 0.3) is 0 Å². The first-order valence-corrected chi connectivity index (χ1v) is 6.95. The molecule has 2 nitrogen and oxygen atoms in total. The Labute approximate surface area is 120 Å². The minimum absolute atomic E-state index is 0.0385. The third kappa shape index (κ3) is 5.05. The maximum absolute atomic E-state index is 6.18. The van der Waals surface area contributed by atoms with Gasteiger partial charge in [0.1, 0.15) is 5.75 Å². The van der Waals surface area contributed by atoms with E-state index in [1.165, 1.54) is 0 Å². The van der Waals surface area contributed by atoms with Crippen LogP contribution < -0.4 is 10.1 Å². The van der Waals surface area contributed by atoms with Crippen molar-refractivity contribution in [2.45, 2.75) is 46.2 Å². The molecule has 0 spiro atoms. The second-order valence-electron chi connectivity index (χ2n) is 5.33. The summed E-state index contributed by atoms with van der Waals surface area (Å²) in [6.45, 7) is 9.76. The van der Waals surface area contributed by atoms with E-state index in [1.807, 2.05) is 6.07 Å². The molecule has 0 aliphatic carbocycles. The van der Waals surface area contributed by atoms with Crippen molar-refractivity contribution < 1.29 is 4.74 Å². The molecular weight excluding hydrogens is 269 g/mol. The largest absolute Gasteiger partial charge is 0.492 e. The molecule has 4 heteroatoms. The monoisotopic (exact) mass is 289 g/mol. The highest BCUT2D eigenvalue weighted by atomic mass is 35.5. The number of hydrogen-bond acceptors (Lipinski definition) is 2. The minimum Gasteiger partial charge on any atom is -0.492 e. The maximum Gasteiger partial charge on any atom is 0.142 e. The third-order valence-electron chi connectivity index (χ3n) is 2.34. The molecule has 0 aliphatic heterocycles. The molecule has 0 atom stereocenters. The number of halogens is 2. The van der Waals surface area contributed by atoms with Crippen molar-refractivity contribution in [3.05, 3.63) is 27.7 Å². The number of ether oxygens (including phenoxy) is 1. The fourth-order valence-corrected chi connectivity index (χ4v) is 2.06. The van der Waals surface area contributed by atoms with Crippen molar-refractivity contribution in [3.63, 3.8) is 0 Å². The zero-order valence-corrected chi connectivity index (χ0v) is 13.0. The van der Waals surface area contributed by atoms with Gasteiger partial charge in [-0.3, -0.25) is 0 Å². The summed E-state index contributed by atoms with van der Waals surface area (Å²) in [5, 5.41) is 4.62. The van der Waals surface area contributed by atoms with Crippen molar-refractivity contribution >= 4 is 23.2 Å². The quantitative estimate of drug-likeness (QED) is 0.850. The zero-order valence-electron chi connectivity index (χ0n) is 11.4. The molecule has 0 saturated carbocycles. The van der Waals surface area contributed by atoms with Gasteiger partial charge < -0.3 is 10.1 Å². The smallest absolute Gasteiger partial charge is 0.142 e. The fourth-order valence-electron chi connectivity index (χ4n) is 1.47. The number of hydrogen-bond donors (Lipinski definition) is 1. The van der Waals surface area contributed by atoms with Gasteiger partial charge in [-0.1, -0.05) is 30.1 Å². The molecule has 0 unspecified atom stereocenters.